The summed E-state index contributed by atoms with van der Waals surface area (Å²) in [6, 6.07) is 6.32. The maximum absolute atomic E-state index is 11.4. The maximum Gasteiger partial charge on any atom is 0.163 e. The third-order valence-corrected chi connectivity index (χ3v) is 3.48. The minimum absolute atomic E-state index is 0.310. The Morgan fingerprint density at radius 3 is 3.08 bits per heavy atom. The van der Waals surface area contributed by atoms with Gasteiger partial charge >= 0.3 is 0 Å². The summed E-state index contributed by atoms with van der Waals surface area (Å²) in [5.41, 5.74) is 2.19. The van der Waals surface area contributed by atoms with Gasteiger partial charge in [0.15, 0.2) is 5.78 Å². The van der Waals surface area contributed by atoms with E-state index in [2.05, 4.69) is 17.5 Å². The summed E-state index contributed by atoms with van der Waals surface area (Å²) in [4.78, 5) is 11.4. The molecule has 0 bridgehead atoms. The molecule has 2 heteroatoms. The summed E-state index contributed by atoms with van der Waals surface area (Å²) in [6.07, 6.45) is 1.63. The number of benzene rings is 1. The number of thiophene rings is 1. The van der Waals surface area contributed by atoms with E-state index >= 15 is 0 Å². The Morgan fingerprint density at radius 1 is 1.23 bits per heavy atom. The smallest absolute Gasteiger partial charge is 0.163 e. The zero-order valence-corrected chi connectivity index (χ0v) is 7.86. The number of carbonyl (C=O) groups excluding carboxylic acids is 1. The molecule has 1 aliphatic carbocycles. The number of fused-ring (bicyclic) bond motifs is 2. The number of aryl methyl sites for hydroxylation is 1. The van der Waals surface area contributed by atoms with Gasteiger partial charge in [0.25, 0.3) is 0 Å². The van der Waals surface area contributed by atoms with Crippen molar-refractivity contribution in [3.8, 4) is 0 Å². The topological polar surface area (TPSA) is 17.1 Å². The van der Waals surface area contributed by atoms with Gasteiger partial charge in [0.1, 0.15) is 0 Å². The van der Waals surface area contributed by atoms with Crippen LogP contribution in [0.2, 0.25) is 0 Å². The molecule has 2 aromatic rings. The van der Waals surface area contributed by atoms with Crippen LogP contribution < -0.4 is 0 Å². The Kier molecular flexibility index (Phi) is 1.35. The quantitative estimate of drug-likeness (QED) is 0.621. The highest BCUT2D eigenvalue weighted by Gasteiger charge is 2.19. The minimum Gasteiger partial charge on any atom is -0.294 e. The third kappa shape index (κ3) is 0.954. The van der Waals surface area contributed by atoms with Gasteiger partial charge in [0.2, 0.25) is 0 Å². The fourth-order valence-corrected chi connectivity index (χ4v) is 2.72. The Labute approximate surface area is 80.0 Å². The highest BCUT2D eigenvalue weighted by Crippen LogP contribution is 2.29. The minimum atomic E-state index is 0.310. The highest BCUT2D eigenvalue weighted by atomic mass is 32.1. The summed E-state index contributed by atoms with van der Waals surface area (Å²) in [5.74, 6) is 0.310. The molecular formula is C11H8OS. The van der Waals surface area contributed by atoms with Crippen LogP contribution in [0.1, 0.15) is 22.3 Å². The molecule has 64 valence electrons. The van der Waals surface area contributed by atoms with Crippen molar-refractivity contribution in [1.29, 1.82) is 0 Å². The molecule has 0 aliphatic heterocycles. The molecular weight excluding hydrogens is 180 g/mol. The van der Waals surface area contributed by atoms with E-state index in [1.165, 1.54) is 15.6 Å². The molecule has 0 amide bonds. The third-order valence-electron chi connectivity index (χ3n) is 2.60. The molecule has 3 rings (SSSR count). The van der Waals surface area contributed by atoms with Gasteiger partial charge in [-0.1, -0.05) is 0 Å². The lowest BCUT2D eigenvalue weighted by atomic mass is 10.1. The number of ketones is 1. The van der Waals surface area contributed by atoms with Crippen LogP contribution in [0.25, 0.3) is 10.1 Å². The molecule has 13 heavy (non-hydrogen) atoms. The largest absolute Gasteiger partial charge is 0.294 e. The Bertz CT molecular complexity index is 496. The van der Waals surface area contributed by atoms with Crippen molar-refractivity contribution in [1.82, 2.24) is 0 Å². The summed E-state index contributed by atoms with van der Waals surface area (Å²) < 4.78 is 1.23. The van der Waals surface area contributed by atoms with Crippen LogP contribution in [0.3, 0.4) is 0 Å². The Hall–Kier alpha value is -1.15. The summed E-state index contributed by atoms with van der Waals surface area (Å²) >= 11 is 1.70. The maximum atomic E-state index is 11.4. The first-order chi connectivity index (χ1) is 6.34. The van der Waals surface area contributed by atoms with E-state index < -0.39 is 0 Å². The highest BCUT2D eigenvalue weighted by molar-refractivity contribution is 7.17. The van der Waals surface area contributed by atoms with Gasteiger partial charge in [-0.05, 0) is 40.9 Å². The van der Waals surface area contributed by atoms with Crippen LogP contribution >= 0.6 is 11.3 Å². The Morgan fingerprint density at radius 2 is 2.15 bits per heavy atom. The average Bonchev–Trinajstić information content (AvgIpc) is 2.70. The van der Waals surface area contributed by atoms with Gasteiger partial charge in [-0.3, -0.25) is 4.79 Å². The van der Waals surface area contributed by atoms with Crippen molar-refractivity contribution in [2.24, 2.45) is 0 Å². The number of rotatable bonds is 0. The molecule has 1 nitrogen and oxygen atoms in total. The summed E-state index contributed by atoms with van der Waals surface area (Å²) in [7, 11) is 0. The lowest BCUT2D eigenvalue weighted by Crippen LogP contribution is -1.89. The van der Waals surface area contributed by atoms with Gasteiger partial charge in [0, 0.05) is 16.7 Å². The molecule has 1 heterocycles. The lowest BCUT2D eigenvalue weighted by Gasteiger charge is -1.96. The molecule has 0 saturated carbocycles. The molecule has 1 aliphatic rings. The first kappa shape index (κ1) is 7.27. The van der Waals surface area contributed by atoms with Gasteiger partial charge in [-0.25, -0.2) is 0 Å². The molecule has 0 fully saturated rings. The Balaban J connectivity index is 2.40. The second-order valence-corrected chi connectivity index (χ2v) is 4.34. The van der Waals surface area contributed by atoms with E-state index in [1.54, 1.807) is 11.3 Å². The van der Waals surface area contributed by atoms with E-state index in [0.717, 1.165) is 12.0 Å². The number of hydrogen-bond acceptors (Lipinski definition) is 2. The van der Waals surface area contributed by atoms with Crippen LogP contribution in [0.5, 0.6) is 0 Å². The monoisotopic (exact) mass is 188 g/mol. The molecule has 0 spiro atoms. The van der Waals surface area contributed by atoms with Crippen molar-refractivity contribution in [3.05, 3.63) is 34.7 Å². The number of hydrogen-bond donors (Lipinski definition) is 0. The molecule has 0 saturated heterocycles. The fraction of sp³-hybridized carbons (Fsp3) is 0.182. The second kappa shape index (κ2) is 2.42. The predicted molar refractivity (Wildman–Crippen MR) is 54.5 cm³/mol. The molecule has 0 atom stereocenters. The van der Waals surface area contributed by atoms with Crippen LogP contribution in [-0.2, 0) is 6.42 Å². The summed E-state index contributed by atoms with van der Waals surface area (Å²) in [5, 5.41) is 3.35. The van der Waals surface area contributed by atoms with Gasteiger partial charge in [0.05, 0.1) is 0 Å². The van der Waals surface area contributed by atoms with Gasteiger partial charge in [-0.15, -0.1) is 11.3 Å². The first-order valence-electron chi connectivity index (χ1n) is 4.38. The van der Waals surface area contributed by atoms with Gasteiger partial charge in [-0.2, -0.15) is 0 Å². The molecule has 0 N–H and O–H groups in total. The van der Waals surface area contributed by atoms with Crippen molar-refractivity contribution in [3.63, 3.8) is 0 Å². The fourth-order valence-electron chi connectivity index (χ4n) is 1.91. The van der Waals surface area contributed by atoms with Crippen molar-refractivity contribution in [2.75, 3.05) is 0 Å². The average molecular weight is 188 g/mol. The van der Waals surface area contributed by atoms with Crippen LogP contribution in [0.4, 0.5) is 0 Å². The molecule has 0 radical (unpaired) electrons. The van der Waals surface area contributed by atoms with E-state index in [1.807, 2.05) is 6.07 Å². The first-order valence-corrected chi connectivity index (χ1v) is 5.26. The van der Waals surface area contributed by atoms with Crippen LogP contribution in [0.15, 0.2) is 23.6 Å². The SMILES string of the molecule is O=C1CCc2cc3ccsc3cc21. The molecule has 0 unspecified atom stereocenters. The summed E-state index contributed by atoms with van der Waals surface area (Å²) in [6.45, 7) is 0. The molecule has 1 aromatic carbocycles. The van der Waals surface area contributed by atoms with Crippen molar-refractivity contribution < 1.29 is 4.79 Å². The van der Waals surface area contributed by atoms with Crippen LogP contribution in [0, 0.1) is 0 Å². The zero-order chi connectivity index (χ0) is 8.84. The molecule has 1 aromatic heterocycles. The second-order valence-electron chi connectivity index (χ2n) is 3.39. The predicted octanol–water partition coefficient (Wildman–Crippen LogP) is 3.03. The van der Waals surface area contributed by atoms with Crippen LogP contribution in [-0.4, -0.2) is 5.78 Å². The standard InChI is InChI=1S/C11H8OS/c12-10-2-1-7-5-8-3-4-13-11(8)6-9(7)10/h3-6H,1-2H2. The number of carbonyl (C=O) groups is 1. The number of Topliss-reactive ketones (excluding diaryl/α,β-unsaturated/α-hetero) is 1. The normalized spacial score (nSPS) is 15.2. The van der Waals surface area contributed by atoms with E-state index in [-0.39, 0.29) is 0 Å². The lowest BCUT2D eigenvalue weighted by molar-refractivity contribution is 0.0994. The van der Waals surface area contributed by atoms with E-state index in [4.69, 9.17) is 0 Å². The zero-order valence-electron chi connectivity index (χ0n) is 7.04. The van der Waals surface area contributed by atoms with Crippen molar-refractivity contribution >= 4 is 27.2 Å². The van der Waals surface area contributed by atoms with Crippen molar-refractivity contribution in [2.45, 2.75) is 12.8 Å². The van der Waals surface area contributed by atoms with Gasteiger partial charge < -0.3 is 0 Å². The van der Waals surface area contributed by atoms with E-state index in [0.29, 0.717) is 12.2 Å². The van der Waals surface area contributed by atoms with E-state index in [9.17, 15) is 4.79 Å².